The maximum atomic E-state index is 11.1. The average Bonchev–Trinajstić information content (AvgIpc) is 3.27. The number of hydrogen-bond acceptors (Lipinski definition) is 4. The highest BCUT2D eigenvalue weighted by Gasteiger charge is 2.17. The van der Waals surface area contributed by atoms with Crippen molar-refractivity contribution >= 4 is 18.2 Å². The highest BCUT2D eigenvalue weighted by atomic mass is 16.5. The van der Waals surface area contributed by atoms with Gasteiger partial charge in [-0.15, -0.1) is 0 Å². The fourth-order valence-electron chi connectivity index (χ4n) is 2.78. The summed E-state index contributed by atoms with van der Waals surface area (Å²) in [6.45, 7) is 1.95. The molecule has 3 rings (SSSR count). The van der Waals surface area contributed by atoms with Crippen molar-refractivity contribution in [2.24, 2.45) is 0 Å². The van der Waals surface area contributed by atoms with Crippen LogP contribution in [0.1, 0.15) is 24.0 Å². The first-order chi connectivity index (χ1) is 11.7. The molecule has 0 radical (unpaired) electrons. The van der Waals surface area contributed by atoms with Crippen LogP contribution < -0.4 is 0 Å². The predicted octanol–water partition coefficient (Wildman–Crippen LogP) is 3.16. The molecule has 1 aromatic carbocycles. The van der Waals surface area contributed by atoms with E-state index in [9.17, 15) is 4.79 Å². The molecule has 1 saturated heterocycles. The molecular formula is C19H21N3O2. The first-order valence-corrected chi connectivity index (χ1v) is 8.04. The van der Waals surface area contributed by atoms with Crippen LogP contribution in [0.15, 0.2) is 54.5 Å². The molecule has 0 bridgehead atoms. The molecule has 0 unspecified atom stereocenters. The third kappa shape index (κ3) is 4.13. The summed E-state index contributed by atoms with van der Waals surface area (Å²) >= 11 is 0. The van der Waals surface area contributed by atoms with Crippen molar-refractivity contribution in [3.8, 4) is 0 Å². The van der Waals surface area contributed by atoms with E-state index in [0.29, 0.717) is 0 Å². The van der Waals surface area contributed by atoms with Crippen molar-refractivity contribution < 1.29 is 9.53 Å². The van der Waals surface area contributed by atoms with Gasteiger partial charge in [0.25, 0.3) is 0 Å². The van der Waals surface area contributed by atoms with Crippen molar-refractivity contribution in [1.29, 1.82) is 0 Å². The van der Waals surface area contributed by atoms with Crippen molar-refractivity contribution in [2.75, 3.05) is 13.7 Å². The number of rotatable bonds is 5. The third-order valence-corrected chi connectivity index (χ3v) is 4.04. The maximum Gasteiger partial charge on any atom is 0.330 e. The standard InChI is InChI=1S/C19H21N3O2/c1-24-19(23)10-9-16-5-7-17(8-6-16)14-21-12-2-4-18(21)15-22-13-3-11-20-22/h3,5-11,13,15H,2,4,12,14H2,1H3/b10-9+,18-15+. The maximum absolute atomic E-state index is 11.1. The van der Waals surface area contributed by atoms with Gasteiger partial charge in [-0.05, 0) is 36.1 Å². The van der Waals surface area contributed by atoms with Gasteiger partial charge in [0.05, 0.1) is 7.11 Å². The second-order valence-corrected chi connectivity index (χ2v) is 5.73. The van der Waals surface area contributed by atoms with E-state index in [1.807, 2.05) is 29.1 Å². The summed E-state index contributed by atoms with van der Waals surface area (Å²) in [5.41, 5.74) is 3.55. The zero-order valence-corrected chi connectivity index (χ0v) is 13.8. The Balaban J connectivity index is 1.65. The quantitative estimate of drug-likeness (QED) is 0.626. The summed E-state index contributed by atoms with van der Waals surface area (Å²) in [5, 5.41) is 4.24. The van der Waals surface area contributed by atoms with Crippen LogP contribution in [0, 0.1) is 0 Å². The number of esters is 1. The van der Waals surface area contributed by atoms with Gasteiger partial charge in [-0.2, -0.15) is 5.10 Å². The molecule has 0 saturated carbocycles. The minimum Gasteiger partial charge on any atom is -0.466 e. The first-order valence-electron chi connectivity index (χ1n) is 8.04. The van der Waals surface area contributed by atoms with Crippen molar-refractivity contribution in [3.05, 3.63) is 65.6 Å². The fourth-order valence-corrected chi connectivity index (χ4v) is 2.78. The molecule has 5 heteroatoms. The normalized spacial score (nSPS) is 16.2. The molecule has 1 aliphatic rings. The lowest BCUT2D eigenvalue weighted by Gasteiger charge is -2.20. The molecule has 1 aliphatic heterocycles. The number of allylic oxidation sites excluding steroid dienone is 1. The van der Waals surface area contributed by atoms with E-state index in [1.54, 1.807) is 12.3 Å². The van der Waals surface area contributed by atoms with Crippen LogP contribution in [0.4, 0.5) is 0 Å². The zero-order valence-electron chi connectivity index (χ0n) is 13.8. The molecule has 5 nitrogen and oxygen atoms in total. The van der Waals surface area contributed by atoms with Gasteiger partial charge in [-0.25, -0.2) is 9.48 Å². The Kier molecular flexibility index (Phi) is 5.11. The van der Waals surface area contributed by atoms with Crippen LogP contribution in [0.5, 0.6) is 0 Å². The van der Waals surface area contributed by atoms with Crippen LogP contribution >= 0.6 is 0 Å². The second kappa shape index (κ2) is 7.64. The Bertz CT molecular complexity index is 730. The van der Waals surface area contributed by atoms with Gasteiger partial charge in [0.2, 0.25) is 0 Å². The highest BCUT2D eigenvalue weighted by molar-refractivity contribution is 5.86. The van der Waals surface area contributed by atoms with Gasteiger partial charge in [0.1, 0.15) is 0 Å². The van der Waals surface area contributed by atoms with Gasteiger partial charge in [-0.1, -0.05) is 24.3 Å². The Morgan fingerprint density at radius 1 is 1.33 bits per heavy atom. The van der Waals surface area contributed by atoms with Crippen molar-refractivity contribution in [3.63, 3.8) is 0 Å². The fraction of sp³-hybridized carbons (Fsp3) is 0.263. The minimum atomic E-state index is -0.343. The monoisotopic (exact) mass is 323 g/mol. The van der Waals surface area contributed by atoms with E-state index in [4.69, 9.17) is 0 Å². The third-order valence-electron chi connectivity index (χ3n) is 4.04. The first kappa shape index (κ1) is 16.1. The van der Waals surface area contributed by atoms with E-state index >= 15 is 0 Å². The summed E-state index contributed by atoms with van der Waals surface area (Å²) in [6.07, 6.45) is 11.3. The summed E-state index contributed by atoms with van der Waals surface area (Å²) in [4.78, 5) is 13.5. The van der Waals surface area contributed by atoms with Gasteiger partial charge in [-0.3, -0.25) is 0 Å². The predicted molar refractivity (Wildman–Crippen MR) is 93.6 cm³/mol. The molecule has 2 heterocycles. The summed E-state index contributed by atoms with van der Waals surface area (Å²) in [5.74, 6) is -0.343. The molecule has 2 aromatic rings. The smallest absolute Gasteiger partial charge is 0.330 e. The zero-order chi connectivity index (χ0) is 16.8. The molecule has 0 spiro atoms. The molecule has 0 aliphatic carbocycles. The molecule has 0 atom stereocenters. The number of likely N-dealkylation sites (tertiary alicyclic amines) is 1. The van der Waals surface area contributed by atoms with E-state index in [1.165, 1.54) is 30.9 Å². The van der Waals surface area contributed by atoms with Gasteiger partial charge < -0.3 is 9.64 Å². The van der Waals surface area contributed by atoms with E-state index in [-0.39, 0.29) is 5.97 Å². The average molecular weight is 323 g/mol. The number of benzene rings is 1. The Morgan fingerprint density at radius 3 is 2.88 bits per heavy atom. The van der Waals surface area contributed by atoms with Crippen LogP contribution in [-0.2, 0) is 16.1 Å². The lowest BCUT2D eigenvalue weighted by Crippen LogP contribution is -2.17. The Labute approximate surface area is 141 Å². The van der Waals surface area contributed by atoms with Crippen molar-refractivity contribution in [1.82, 2.24) is 14.7 Å². The van der Waals surface area contributed by atoms with E-state index in [0.717, 1.165) is 25.1 Å². The molecule has 1 aromatic heterocycles. The van der Waals surface area contributed by atoms with Crippen LogP contribution in [0.3, 0.4) is 0 Å². The number of methoxy groups -OCH3 is 1. The van der Waals surface area contributed by atoms with Crippen molar-refractivity contribution in [2.45, 2.75) is 19.4 Å². The topological polar surface area (TPSA) is 47.4 Å². The summed E-state index contributed by atoms with van der Waals surface area (Å²) in [7, 11) is 1.38. The number of nitrogens with zero attached hydrogens (tertiary/aromatic N) is 3. The van der Waals surface area contributed by atoms with E-state index < -0.39 is 0 Å². The van der Waals surface area contributed by atoms with Crippen LogP contribution in [0.25, 0.3) is 12.3 Å². The molecule has 0 N–H and O–H groups in total. The molecule has 24 heavy (non-hydrogen) atoms. The molecule has 124 valence electrons. The minimum absolute atomic E-state index is 0.343. The molecule has 0 amide bonds. The lowest BCUT2D eigenvalue weighted by atomic mass is 10.1. The molecular weight excluding hydrogens is 302 g/mol. The van der Waals surface area contributed by atoms with Gasteiger partial charge in [0, 0.05) is 43.5 Å². The van der Waals surface area contributed by atoms with Gasteiger partial charge in [0.15, 0.2) is 0 Å². The number of carbonyl (C=O) groups is 1. The van der Waals surface area contributed by atoms with Crippen LogP contribution in [0.2, 0.25) is 0 Å². The number of carbonyl (C=O) groups excluding carboxylic acids is 1. The van der Waals surface area contributed by atoms with E-state index in [2.05, 4.69) is 33.1 Å². The number of aromatic nitrogens is 2. The number of hydrogen-bond donors (Lipinski definition) is 0. The number of ether oxygens (including phenoxy) is 1. The summed E-state index contributed by atoms with van der Waals surface area (Å²) < 4.78 is 6.45. The summed E-state index contributed by atoms with van der Waals surface area (Å²) in [6, 6.07) is 10.2. The Hall–Kier alpha value is -2.82. The SMILES string of the molecule is COC(=O)/C=C/c1ccc(CN2CCC/C2=C\n2cccn2)cc1. The van der Waals surface area contributed by atoms with Gasteiger partial charge >= 0.3 is 5.97 Å². The lowest BCUT2D eigenvalue weighted by molar-refractivity contribution is -0.134. The van der Waals surface area contributed by atoms with Crippen LogP contribution in [-0.4, -0.2) is 34.3 Å². The largest absolute Gasteiger partial charge is 0.466 e. The Morgan fingerprint density at radius 2 is 2.17 bits per heavy atom. The highest BCUT2D eigenvalue weighted by Crippen LogP contribution is 2.24. The second-order valence-electron chi connectivity index (χ2n) is 5.73. The molecule has 1 fully saturated rings.